The lowest BCUT2D eigenvalue weighted by Gasteiger charge is -2.27. The first-order chi connectivity index (χ1) is 17.8. The molecule has 0 bridgehead atoms. The third kappa shape index (κ3) is 5.88. The van der Waals surface area contributed by atoms with E-state index in [1.165, 1.54) is 6.26 Å². The number of rotatable bonds is 9. The smallest absolute Gasteiger partial charge is 0.340 e. The first kappa shape index (κ1) is 27.7. The van der Waals surface area contributed by atoms with Crippen LogP contribution in [0.3, 0.4) is 0 Å². The summed E-state index contributed by atoms with van der Waals surface area (Å²) in [7, 11) is -3.10. The second-order valence-electron chi connectivity index (χ2n) is 10.4. The molecule has 0 aromatic carbocycles. The van der Waals surface area contributed by atoms with E-state index < -0.39 is 15.4 Å². The van der Waals surface area contributed by atoms with E-state index in [1.54, 1.807) is 24.5 Å². The summed E-state index contributed by atoms with van der Waals surface area (Å²) in [6.07, 6.45) is 4.97. The predicted molar refractivity (Wildman–Crippen MR) is 147 cm³/mol. The van der Waals surface area contributed by atoms with Gasteiger partial charge in [0.25, 0.3) is 0 Å². The Morgan fingerprint density at radius 3 is 2.61 bits per heavy atom. The van der Waals surface area contributed by atoms with E-state index in [1.807, 2.05) is 40.7 Å². The molecule has 38 heavy (non-hydrogen) atoms. The van der Waals surface area contributed by atoms with E-state index in [4.69, 9.17) is 20.2 Å². The number of fused-ring (bicyclic) bond motifs is 2. The average Bonchev–Trinajstić information content (AvgIpc) is 2.85. The standard InChI is InChI=1S/C27H35N5O5S/c1-7-27(5,28)21-14-30-25(36-15(2)10-11-38(6,34)35)20-13-29-23(12-19(20)21)31-22-9-8-18-24(32-22)16(3)17(4)37-26(18)33/h8-9,12-17H,7,10-11,28H2,1-6H3,(H,29,31,32)/t15-,16-,17+,27?/m0/s1. The van der Waals surface area contributed by atoms with Crippen LogP contribution in [0.1, 0.15) is 75.0 Å². The summed E-state index contributed by atoms with van der Waals surface area (Å²) in [5, 5.41) is 4.74. The topological polar surface area (TPSA) is 146 Å². The number of carbonyl (C=O) groups excluding carboxylic acids is 1. The minimum absolute atomic E-state index is 0.0239. The van der Waals surface area contributed by atoms with Crippen molar-refractivity contribution in [2.75, 3.05) is 17.3 Å². The molecule has 1 aliphatic rings. The van der Waals surface area contributed by atoms with Crippen molar-refractivity contribution in [3.63, 3.8) is 0 Å². The Morgan fingerprint density at radius 1 is 1.18 bits per heavy atom. The summed E-state index contributed by atoms with van der Waals surface area (Å²) < 4.78 is 34.6. The predicted octanol–water partition coefficient (Wildman–Crippen LogP) is 4.22. The van der Waals surface area contributed by atoms with Crippen LogP contribution in [-0.4, -0.2) is 53.6 Å². The molecule has 0 radical (unpaired) electrons. The zero-order valence-electron chi connectivity index (χ0n) is 22.6. The summed E-state index contributed by atoms with van der Waals surface area (Å²) in [5.74, 6) is 1.07. The molecule has 4 heterocycles. The van der Waals surface area contributed by atoms with Gasteiger partial charge in [-0.2, -0.15) is 0 Å². The molecule has 3 aromatic rings. The number of nitrogens with two attached hydrogens (primary N) is 1. The van der Waals surface area contributed by atoms with Crippen LogP contribution in [0.2, 0.25) is 0 Å². The van der Waals surface area contributed by atoms with Gasteiger partial charge in [0, 0.05) is 30.1 Å². The van der Waals surface area contributed by atoms with Gasteiger partial charge in [0.2, 0.25) is 5.88 Å². The number of pyridine rings is 3. The van der Waals surface area contributed by atoms with Crippen molar-refractivity contribution in [1.82, 2.24) is 15.0 Å². The quantitative estimate of drug-likeness (QED) is 0.377. The van der Waals surface area contributed by atoms with Crippen molar-refractivity contribution < 1.29 is 22.7 Å². The number of cyclic esters (lactones) is 1. The van der Waals surface area contributed by atoms with Crippen LogP contribution < -0.4 is 15.8 Å². The zero-order chi connectivity index (χ0) is 27.8. The zero-order valence-corrected chi connectivity index (χ0v) is 23.4. The first-order valence-corrected chi connectivity index (χ1v) is 14.8. The van der Waals surface area contributed by atoms with Gasteiger partial charge in [-0.1, -0.05) is 13.8 Å². The second-order valence-corrected chi connectivity index (χ2v) is 12.6. The van der Waals surface area contributed by atoms with Crippen LogP contribution in [0.4, 0.5) is 11.6 Å². The molecule has 4 atom stereocenters. The Morgan fingerprint density at radius 2 is 1.92 bits per heavy atom. The number of anilines is 2. The third-order valence-corrected chi connectivity index (χ3v) is 8.10. The SMILES string of the molecule is CCC(C)(N)c1cnc(O[C@@H](C)CCS(C)(=O)=O)c2cnc(Nc3ccc4c(n3)[C@@H](C)[C@@H](C)OC4=O)cc12. The molecule has 1 unspecified atom stereocenters. The highest BCUT2D eigenvalue weighted by atomic mass is 32.2. The number of aromatic nitrogens is 3. The van der Waals surface area contributed by atoms with Gasteiger partial charge in [-0.05, 0) is 62.8 Å². The first-order valence-electron chi connectivity index (χ1n) is 12.7. The Hall–Kier alpha value is -3.31. The van der Waals surface area contributed by atoms with Crippen LogP contribution in [0.25, 0.3) is 10.8 Å². The Labute approximate surface area is 223 Å². The molecule has 204 valence electrons. The van der Waals surface area contributed by atoms with Gasteiger partial charge in [0.1, 0.15) is 27.6 Å². The van der Waals surface area contributed by atoms with Gasteiger partial charge in [-0.15, -0.1) is 0 Å². The summed E-state index contributed by atoms with van der Waals surface area (Å²) in [4.78, 5) is 26.0. The van der Waals surface area contributed by atoms with E-state index >= 15 is 0 Å². The highest BCUT2D eigenvalue weighted by Crippen LogP contribution is 2.35. The Bertz CT molecular complexity index is 1470. The van der Waals surface area contributed by atoms with Gasteiger partial charge in [0.15, 0.2) is 0 Å². The minimum atomic E-state index is -3.10. The van der Waals surface area contributed by atoms with Crippen LogP contribution in [0.5, 0.6) is 5.88 Å². The maximum Gasteiger partial charge on any atom is 0.340 e. The maximum atomic E-state index is 12.3. The lowest BCUT2D eigenvalue weighted by atomic mass is 9.88. The Balaban J connectivity index is 1.70. The number of hydrogen-bond acceptors (Lipinski definition) is 10. The fraction of sp³-hybridized carbons (Fsp3) is 0.481. The number of sulfone groups is 1. The molecule has 11 heteroatoms. The van der Waals surface area contributed by atoms with Gasteiger partial charge in [0.05, 0.1) is 28.5 Å². The van der Waals surface area contributed by atoms with Crippen molar-refractivity contribution in [1.29, 1.82) is 0 Å². The van der Waals surface area contributed by atoms with Gasteiger partial charge >= 0.3 is 5.97 Å². The average molecular weight is 542 g/mol. The highest BCUT2D eigenvalue weighted by Gasteiger charge is 2.31. The van der Waals surface area contributed by atoms with Gasteiger partial charge < -0.3 is 20.5 Å². The van der Waals surface area contributed by atoms with Crippen molar-refractivity contribution in [3.8, 4) is 5.88 Å². The van der Waals surface area contributed by atoms with E-state index in [9.17, 15) is 13.2 Å². The molecular formula is C27H35N5O5S. The molecular weight excluding hydrogens is 506 g/mol. The molecule has 3 aromatic heterocycles. The molecule has 3 N–H and O–H groups in total. The van der Waals surface area contributed by atoms with Crippen molar-refractivity contribution in [2.45, 2.75) is 71.1 Å². The number of hydrogen-bond donors (Lipinski definition) is 2. The fourth-order valence-electron chi connectivity index (χ4n) is 4.30. The molecule has 10 nitrogen and oxygen atoms in total. The van der Waals surface area contributed by atoms with Crippen molar-refractivity contribution >= 4 is 38.2 Å². The van der Waals surface area contributed by atoms with Crippen molar-refractivity contribution in [2.24, 2.45) is 5.73 Å². The largest absolute Gasteiger partial charge is 0.474 e. The monoisotopic (exact) mass is 541 g/mol. The van der Waals surface area contributed by atoms with E-state index in [2.05, 4.69) is 15.3 Å². The Kier molecular flexibility index (Phi) is 7.62. The number of nitrogens with zero attached hydrogens (tertiary/aromatic N) is 3. The van der Waals surface area contributed by atoms with Gasteiger partial charge in [-0.3, -0.25) is 0 Å². The van der Waals surface area contributed by atoms with Gasteiger partial charge in [-0.25, -0.2) is 28.2 Å². The lowest BCUT2D eigenvalue weighted by molar-refractivity contribution is 0.0235. The maximum absolute atomic E-state index is 12.3. The van der Waals surface area contributed by atoms with Crippen molar-refractivity contribution in [3.05, 3.63) is 47.4 Å². The number of ether oxygens (including phenoxy) is 2. The summed E-state index contributed by atoms with van der Waals surface area (Å²) in [5.41, 5.74) is 7.96. The normalized spacial score (nSPS) is 19.8. The van der Waals surface area contributed by atoms with Crippen LogP contribution in [0.15, 0.2) is 30.6 Å². The third-order valence-electron chi connectivity index (χ3n) is 7.12. The molecule has 0 spiro atoms. The number of carbonyl (C=O) groups is 1. The molecule has 4 rings (SSSR count). The lowest BCUT2D eigenvalue weighted by Crippen LogP contribution is -2.32. The number of nitrogens with one attached hydrogen (secondary N) is 1. The summed E-state index contributed by atoms with van der Waals surface area (Å²) in [6.45, 7) is 9.60. The molecule has 0 saturated carbocycles. The molecule has 1 aliphatic heterocycles. The minimum Gasteiger partial charge on any atom is -0.474 e. The van der Waals surface area contributed by atoms with Crippen LogP contribution in [-0.2, 0) is 20.1 Å². The molecule has 0 fully saturated rings. The molecule has 0 aliphatic carbocycles. The second kappa shape index (κ2) is 10.5. The molecule has 0 amide bonds. The van der Waals surface area contributed by atoms with E-state index in [0.717, 1.165) is 10.9 Å². The van der Waals surface area contributed by atoms with Crippen LogP contribution >= 0.6 is 0 Å². The van der Waals surface area contributed by atoms with E-state index in [-0.39, 0.29) is 29.8 Å². The fourth-order valence-corrected chi connectivity index (χ4v) is 5.06. The van der Waals surface area contributed by atoms with Crippen LogP contribution in [0, 0.1) is 0 Å². The highest BCUT2D eigenvalue weighted by molar-refractivity contribution is 7.90. The molecule has 0 saturated heterocycles. The summed E-state index contributed by atoms with van der Waals surface area (Å²) >= 11 is 0. The number of esters is 1. The van der Waals surface area contributed by atoms with E-state index in [0.29, 0.717) is 47.0 Å². The summed E-state index contributed by atoms with van der Waals surface area (Å²) in [6, 6.07) is 5.31.